The maximum absolute atomic E-state index is 11.9. The predicted octanol–water partition coefficient (Wildman–Crippen LogP) is 3.76. The molecule has 0 saturated carbocycles. The normalized spacial score (nSPS) is 11.8. The SMILES string of the molecule is N#C/C=C(/Br)C(=N)c1ccc(OC(F)(F)F)cc1. The van der Waals surface area contributed by atoms with Gasteiger partial charge in [-0.15, -0.1) is 13.2 Å². The lowest BCUT2D eigenvalue weighted by molar-refractivity contribution is -0.274. The van der Waals surface area contributed by atoms with Crippen LogP contribution in [0.1, 0.15) is 5.56 Å². The summed E-state index contributed by atoms with van der Waals surface area (Å²) < 4.78 is 39.7. The lowest BCUT2D eigenvalue weighted by atomic mass is 10.1. The molecule has 18 heavy (non-hydrogen) atoms. The Morgan fingerprint density at radius 2 is 1.89 bits per heavy atom. The van der Waals surface area contributed by atoms with Gasteiger partial charge in [0, 0.05) is 11.6 Å². The Morgan fingerprint density at radius 1 is 1.33 bits per heavy atom. The first-order valence-corrected chi connectivity index (χ1v) is 5.33. The fraction of sp³-hybridized carbons (Fsp3) is 0.0909. The van der Waals surface area contributed by atoms with Crippen LogP contribution in [0.25, 0.3) is 0 Å². The van der Waals surface area contributed by atoms with Gasteiger partial charge in [0.25, 0.3) is 0 Å². The summed E-state index contributed by atoms with van der Waals surface area (Å²) in [6.45, 7) is 0. The third kappa shape index (κ3) is 4.22. The predicted molar refractivity (Wildman–Crippen MR) is 62.6 cm³/mol. The Labute approximate surface area is 109 Å². The van der Waals surface area contributed by atoms with Gasteiger partial charge < -0.3 is 4.74 Å². The zero-order valence-electron chi connectivity index (χ0n) is 8.75. The van der Waals surface area contributed by atoms with Crippen LogP contribution in [0, 0.1) is 16.7 Å². The van der Waals surface area contributed by atoms with Crippen molar-refractivity contribution in [2.75, 3.05) is 0 Å². The Morgan fingerprint density at radius 3 is 2.33 bits per heavy atom. The van der Waals surface area contributed by atoms with Crippen molar-refractivity contribution in [2.45, 2.75) is 6.36 Å². The van der Waals surface area contributed by atoms with Crippen LogP contribution in [-0.2, 0) is 0 Å². The molecule has 0 saturated heterocycles. The van der Waals surface area contributed by atoms with Gasteiger partial charge in [-0.05, 0) is 40.2 Å². The summed E-state index contributed by atoms with van der Waals surface area (Å²) in [4.78, 5) is 0. The summed E-state index contributed by atoms with van der Waals surface area (Å²) in [5.74, 6) is -0.362. The van der Waals surface area contributed by atoms with Gasteiger partial charge in [0.2, 0.25) is 0 Å². The standard InChI is InChI=1S/C11H6BrF3N2O/c12-9(5-6-16)10(17)7-1-3-8(4-2-7)18-11(13,14)15/h1-5,17H/b9-5+,17-10?. The molecule has 0 bridgehead atoms. The van der Waals surface area contributed by atoms with E-state index < -0.39 is 6.36 Å². The molecule has 1 rings (SSSR count). The lowest BCUT2D eigenvalue weighted by Gasteiger charge is -2.09. The Kier molecular flexibility index (Phi) is 4.50. The summed E-state index contributed by atoms with van der Waals surface area (Å²) in [5.41, 5.74) is 0.359. The molecular formula is C11H6BrF3N2O. The smallest absolute Gasteiger partial charge is 0.406 e. The lowest BCUT2D eigenvalue weighted by Crippen LogP contribution is -2.17. The molecule has 0 amide bonds. The van der Waals surface area contributed by atoms with Gasteiger partial charge in [-0.25, -0.2) is 0 Å². The third-order valence-electron chi connectivity index (χ3n) is 1.81. The van der Waals surface area contributed by atoms with Crippen molar-refractivity contribution in [1.29, 1.82) is 10.7 Å². The van der Waals surface area contributed by atoms with Crippen molar-refractivity contribution >= 4 is 21.6 Å². The number of benzene rings is 1. The van der Waals surface area contributed by atoms with E-state index in [4.69, 9.17) is 10.7 Å². The molecule has 94 valence electrons. The van der Waals surface area contributed by atoms with Crippen LogP contribution in [-0.4, -0.2) is 12.1 Å². The second-order valence-electron chi connectivity index (χ2n) is 3.07. The zero-order valence-corrected chi connectivity index (χ0v) is 10.3. The number of halogens is 4. The number of rotatable bonds is 3. The molecule has 0 aliphatic carbocycles. The van der Waals surface area contributed by atoms with E-state index in [1.807, 2.05) is 0 Å². The van der Waals surface area contributed by atoms with Crippen molar-refractivity contribution in [3.05, 3.63) is 40.4 Å². The topological polar surface area (TPSA) is 56.9 Å². The van der Waals surface area contributed by atoms with Crippen LogP contribution in [0.4, 0.5) is 13.2 Å². The first-order chi connectivity index (χ1) is 8.33. The van der Waals surface area contributed by atoms with Crippen molar-refractivity contribution in [2.24, 2.45) is 0 Å². The average molecular weight is 319 g/mol. The molecule has 0 aliphatic rings. The minimum absolute atomic E-state index is 0.00453. The number of nitrogens with zero attached hydrogens (tertiary/aromatic N) is 1. The van der Waals surface area contributed by atoms with Gasteiger partial charge in [0.1, 0.15) is 5.75 Å². The van der Waals surface area contributed by atoms with Crippen LogP contribution in [0.2, 0.25) is 0 Å². The van der Waals surface area contributed by atoms with Crippen molar-refractivity contribution < 1.29 is 17.9 Å². The third-order valence-corrected chi connectivity index (χ3v) is 2.43. The summed E-state index contributed by atoms with van der Waals surface area (Å²) >= 11 is 3.01. The van der Waals surface area contributed by atoms with Gasteiger partial charge >= 0.3 is 6.36 Å². The van der Waals surface area contributed by atoms with Crippen molar-refractivity contribution in [3.8, 4) is 11.8 Å². The summed E-state index contributed by atoms with van der Waals surface area (Å²) in [7, 11) is 0. The summed E-state index contributed by atoms with van der Waals surface area (Å²) in [6.07, 6.45) is -3.63. The Hall–Kier alpha value is -1.81. The summed E-state index contributed by atoms with van der Waals surface area (Å²) in [6, 6.07) is 6.54. The van der Waals surface area contributed by atoms with E-state index in [-0.39, 0.29) is 15.9 Å². The van der Waals surface area contributed by atoms with Crippen LogP contribution < -0.4 is 4.74 Å². The number of hydrogen-bond acceptors (Lipinski definition) is 3. The number of hydrogen-bond donors (Lipinski definition) is 1. The molecule has 0 unspecified atom stereocenters. The molecule has 0 atom stereocenters. The first-order valence-electron chi connectivity index (χ1n) is 4.54. The number of allylic oxidation sites excluding steroid dienone is 2. The van der Waals surface area contributed by atoms with Crippen molar-refractivity contribution in [3.63, 3.8) is 0 Å². The fourth-order valence-electron chi connectivity index (χ4n) is 1.09. The van der Waals surface area contributed by atoms with E-state index in [0.717, 1.165) is 18.2 Å². The van der Waals surface area contributed by atoms with Gasteiger partial charge in [0.05, 0.1) is 16.3 Å². The number of ether oxygens (including phenoxy) is 1. The van der Waals surface area contributed by atoms with Crippen LogP contribution >= 0.6 is 15.9 Å². The molecule has 0 heterocycles. The molecule has 7 heteroatoms. The van der Waals surface area contributed by atoms with E-state index >= 15 is 0 Å². The Bertz CT molecular complexity index is 515. The zero-order chi connectivity index (χ0) is 13.8. The monoisotopic (exact) mass is 318 g/mol. The quantitative estimate of drug-likeness (QED) is 0.681. The molecule has 1 aromatic carbocycles. The molecule has 1 aromatic rings. The van der Waals surface area contributed by atoms with Gasteiger partial charge in [-0.2, -0.15) is 5.26 Å². The van der Waals surface area contributed by atoms with Crippen LogP contribution in [0.5, 0.6) is 5.75 Å². The van der Waals surface area contributed by atoms with Crippen LogP contribution in [0.3, 0.4) is 0 Å². The first kappa shape index (κ1) is 14.3. The molecular weight excluding hydrogens is 313 g/mol. The highest BCUT2D eigenvalue weighted by Crippen LogP contribution is 2.23. The van der Waals surface area contributed by atoms with Gasteiger partial charge in [-0.3, -0.25) is 5.41 Å². The highest BCUT2D eigenvalue weighted by atomic mass is 79.9. The number of nitrogens with one attached hydrogen (secondary N) is 1. The second-order valence-corrected chi connectivity index (χ2v) is 3.92. The highest BCUT2D eigenvalue weighted by molar-refractivity contribution is 9.12. The molecule has 0 radical (unpaired) electrons. The molecule has 0 fully saturated rings. The Balaban J connectivity index is 2.87. The average Bonchev–Trinajstić information content (AvgIpc) is 2.27. The van der Waals surface area contributed by atoms with E-state index in [1.54, 1.807) is 6.07 Å². The fourth-order valence-corrected chi connectivity index (χ4v) is 1.42. The van der Waals surface area contributed by atoms with E-state index in [2.05, 4.69) is 20.7 Å². The highest BCUT2D eigenvalue weighted by Gasteiger charge is 2.30. The van der Waals surface area contributed by atoms with E-state index in [9.17, 15) is 13.2 Å². The van der Waals surface area contributed by atoms with Crippen molar-refractivity contribution in [1.82, 2.24) is 0 Å². The molecule has 1 N–H and O–H groups in total. The molecule has 0 aromatic heterocycles. The maximum Gasteiger partial charge on any atom is 0.573 e. The maximum atomic E-state index is 11.9. The molecule has 0 aliphatic heterocycles. The van der Waals surface area contributed by atoms with Gasteiger partial charge in [0.15, 0.2) is 0 Å². The molecule has 0 spiro atoms. The van der Waals surface area contributed by atoms with E-state index in [0.29, 0.717) is 5.56 Å². The largest absolute Gasteiger partial charge is 0.573 e. The second kappa shape index (κ2) is 5.69. The van der Waals surface area contributed by atoms with Gasteiger partial charge in [-0.1, -0.05) is 0 Å². The van der Waals surface area contributed by atoms with E-state index in [1.165, 1.54) is 12.1 Å². The summed E-state index contributed by atoms with van der Waals surface area (Å²) in [5, 5.41) is 16.1. The minimum atomic E-state index is -4.74. The molecule has 3 nitrogen and oxygen atoms in total. The number of alkyl halides is 3. The number of nitriles is 1. The minimum Gasteiger partial charge on any atom is -0.406 e. The van der Waals surface area contributed by atoms with Crippen LogP contribution in [0.15, 0.2) is 34.8 Å².